The van der Waals surface area contributed by atoms with Gasteiger partial charge in [0.1, 0.15) is 0 Å². The fourth-order valence-electron chi connectivity index (χ4n) is 1.87. The minimum atomic E-state index is 0.742. The molecule has 1 aromatic heterocycles. The monoisotopic (exact) mass is 219 g/mol. The molecule has 80 valence electrons. The van der Waals surface area contributed by atoms with Crippen LogP contribution in [0.1, 0.15) is 25.8 Å². The Morgan fingerprint density at radius 2 is 2.00 bits per heavy atom. The van der Waals surface area contributed by atoms with Gasteiger partial charge in [0, 0.05) is 10.9 Å². The van der Waals surface area contributed by atoms with Crippen LogP contribution in [0.2, 0.25) is 0 Å². The van der Waals surface area contributed by atoms with E-state index in [0.29, 0.717) is 0 Å². The van der Waals surface area contributed by atoms with Crippen molar-refractivity contribution in [1.82, 2.24) is 4.98 Å². The lowest BCUT2D eigenvalue weighted by Gasteiger charge is -2.04. The van der Waals surface area contributed by atoms with Gasteiger partial charge >= 0.3 is 0 Å². The minimum absolute atomic E-state index is 0.742. The summed E-state index contributed by atoms with van der Waals surface area (Å²) < 4.78 is 0. The van der Waals surface area contributed by atoms with Crippen LogP contribution in [0.3, 0.4) is 0 Å². The SMILES string of the molecule is CC(C)CCc1c(S)[nH]c2ccccc12. The molecule has 0 aliphatic heterocycles. The van der Waals surface area contributed by atoms with Gasteiger partial charge < -0.3 is 4.98 Å². The molecule has 0 saturated heterocycles. The highest BCUT2D eigenvalue weighted by atomic mass is 32.1. The fourth-order valence-corrected chi connectivity index (χ4v) is 2.22. The van der Waals surface area contributed by atoms with Crippen LogP contribution >= 0.6 is 12.6 Å². The van der Waals surface area contributed by atoms with Crippen LogP contribution < -0.4 is 0 Å². The summed E-state index contributed by atoms with van der Waals surface area (Å²) in [5.41, 5.74) is 2.56. The Kier molecular flexibility index (Phi) is 3.06. The Labute approximate surface area is 96.3 Å². The zero-order valence-electron chi connectivity index (χ0n) is 9.25. The van der Waals surface area contributed by atoms with E-state index in [1.807, 2.05) is 0 Å². The van der Waals surface area contributed by atoms with Crippen molar-refractivity contribution < 1.29 is 0 Å². The van der Waals surface area contributed by atoms with Gasteiger partial charge in [-0.05, 0) is 30.4 Å². The third-order valence-corrected chi connectivity index (χ3v) is 3.14. The molecule has 0 bridgehead atoms. The standard InChI is InChI=1S/C13H17NS/c1-9(2)7-8-11-10-5-3-4-6-12(10)14-13(11)15/h3-6,9,14-15H,7-8H2,1-2H3. The van der Waals surface area contributed by atoms with Crippen LogP contribution in [0.25, 0.3) is 10.9 Å². The molecular formula is C13H17NS. The molecule has 2 rings (SSSR count). The Bertz CT molecular complexity index is 457. The van der Waals surface area contributed by atoms with E-state index < -0.39 is 0 Å². The molecule has 0 amide bonds. The third-order valence-electron chi connectivity index (χ3n) is 2.76. The summed E-state index contributed by atoms with van der Waals surface area (Å²) in [6.07, 6.45) is 2.33. The number of aromatic nitrogens is 1. The van der Waals surface area contributed by atoms with Crippen LogP contribution in [-0.4, -0.2) is 4.98 Å². The van der Waals surface area contributed by atoms with E-state index in [1.54, 1.807) is 0 Å². The van der Waals surface area contributed by atoms with Crippen LogP contribution in [0.5, 0.6) is 0 Å². The molecule has 1 nitrogen and oxygen atoms in total. The highest BCUT2D eigenvalue weighted by Gasteiger charge is 2.08. The van der Waals surface area contributed by atoms with Crippen molar-refractivity contribution in [3.05, 3.63) is 29.8 Å². The van der Waals surface area contributed by atoms with E-state index in [4.69, 9.17) is 0 Å². The van der Waals surface area contributed by atoms with Gasteiger partial charge in [0.2, 0.25) is 0 Å². The van der Waals surface area contributed by atoms with Crippen LogP contribution in [0, 0.1) is 5.92 Å². The summed E-state index contributed by atoms with van der Waals surface area (Å²) in [6, 6.07) is 8.41. The van der Waals surface area contributed by atoms with Crippen molar-refractivity contribution in [2.24, 2.45) is 5.92 Å². The minimum Gasteiger partial charge on any atom is -0.350 e. The zero-order valence-corrected chi connectivity index (χ0v) is 10.1. The number of aryl methyl sites for hydroxylation is 1. The number of nitrogens with one attached hydrogen (secondary N) is 1. The lowest BCUT2D eigenvalue weighted by molar-refractivity contribution is 0.585. The summed E-state index contributed by atoms with van der Waals surface area (Å²) in [7, 11) is 0. The number of para-hydroxylation sites is 1. The first-order chi connectivity index (χ1) is 7.18. The average molecular weight is 219 g/mol. The predicted molar refractivity (Wildman–Crippen MR) is 68.7 cm³/mol. The molecule has 0 radical (unpaired) electrons. The Morgan fingerprint density at radius 1 is 1.27 bits per heavy atom. The largest absolute Gasteiger partial charge is 0.350 e. The Morgan fingerprint density at radius 3 is 2.73 bits per heavy atom. The summed E-state index contributed by atoms with van der Waals surface area (Å²) in [6.45, 7) is 4.51. The van der Waals surface area contributed by atoms with Gasteiger partial charge in [-0.25, -0.2) is 0 Å². The molecule has 0 aliphatic rings. The molecule has 1 aromatic carbocycles. The van der Waals surface area contributed by atoms with Gasteiger partial charge in [0.15, 0.2) is 0 Å². The van der Waals surface area contributed by atoms with Crippen molar-refractivity contribution in [3.8, 4) is 0 Å². The molecule has 1 N–H and O–H groups in total. The molecule has 0 spiro atoms. The van der Waals surface area contributed by atoms with E-state index in [9.17, 15) is 0 Å². The second-order valence-electron chi connectivity index (χ2n) is 4.43. The molecule has 2 heteroatoms. The van der Waals surface area contributed by atoms with Crippen molar-refractivity contribution in [1.29, 1.82) is 0 Å². The topological polar surface area (TPSA) is 15.8 Å². The highest BCUT2D eigenvalue weighted by molar-refractivity contribution is 7.80. The summed E-state index contributed by atoms with van der Waals surface area (Å²) >= 11 is 4.50. The first-order valence-corrected chi connectivity index (χ1v) is 5.91. The number of hydrogen-bond donors (Lipinski definition) is 2. The quantitative estimate of drug-likeness (QED) is 0.725. The molecule has 2 aromatic rings. The molecule has 0 atom stereocenters. The van der Waals surface area contributed by atoms with E-state index in [0.717, 1.165) is 17.4 Å². The lowest BCUT2D eigenvalue weighted by Crippen LogP contribution is -1.91. The van der Waals surface area contributed by atoms with E-state index >= 15 is 0 Å². The number of H-pyrrole nitrogens is 1. The first kappa shape index (κ1) is 10.6. The number of thiol groups is 1. The van der Waals surface area contributed by atoms with E-state index in [1.165, 1.54) is 22.9 Å². The molecule has 1 heterocycles. The molecule has 0 aliphatic carbocycles. The zero-order chi connectivity index (χ0) is 10.8. The maximum absolute atomic E-state index is 4.50. The second-order valence-corrected chi connectivity index (χ2v) is 4.88. The third kappa shape index (κ3) is 2.20. The highest BCUT2D eigenvalue weighted by Crippen LogP contribution is 2.26. The number of fused-ring (bicyclic) bond motifs is 1. The number of hydrogen-bond acceptors (Lipinski definition) is 1. The first-order valence-electron chi connectivity index (χ1n) is 5.47. The van der Waals surface area contributed by atoms with E-state index in [2.05, 4.69) is 55.7 Å². The molecular weight excluding hydrogens is 202 g/mol. The smallest absolute Gasteiger partial charge is 0.0734 e. The van der Waals surface area contributed by atoms with Crippen LogP contribution in [0.15, 0.2) is 29.3 Å². The van der Waals surface area contributed by atoms with Crippen molar-refractivity contribution >= 4 is 23.5 Å². The molecule has 0 saturated carbocycles. The summed E-state index contributed by atoms with van der Waals surface area (Å²) in [5.74, 6) is 0.742. The number of benzene rings is 1. The van der Waals surface area contributed by atoms with Gasteiger partial charge in [0.05, 0.1) is 5.03 Å². The van der Waals surface area contributed by atoms with Gasteiger partial charge in [-0.1, -0.05) is 32.0 Å². The molecule has 0 unspecified atom stereocenters. The van der Waals surface area contributed by atoms with Crippen LogP contribution in [0.4, 0.5) is 0 Å². The van der Waals surface area contributed by atoms with Crippen molar-refractivity contribution in [2.75, 3.05) is 0 Å². The Balaban J connectivity index is 2.36. The van der Waals surface area contributed by atoms with Gasteiger partial charge in [-0.2, -0.15) is 0 Å². The van der Waals surface area contributed by atoms with Gasteiger partial charge in [0.25, 0.3) is 0 Å². The predicted octanol–water partition coefficient (Wildman–Crippen LogP) is 4.05. The lowest BCUT2D eigenvalue weighted by atomic mass is 10.0. The average Bonchev–Trinajstić information content (AvgIpc) is 2.50. The maximum atomic E-state index is 4.50. The molecule has 15 heavy (non-hydrogen) atoms. The van der Waals surface area contributed by atoms with E-state index in [-0.39, 0.29) is 0 Å². The number of aromatic amines is 1. The number of rotatable bonds is 3. The fraction of sp³-hybridized carbons (Fsp3) is 0.385. The maximum Gasteiger partial charge on any atom is 0.0734 e. The molecule has 0 fully saturated rings. The van der Waals surface area contributed by atoms with Gasteiger partial charge in [-0.15, -0.1) is 12.6 Å². The summed E-state index contributed by atoms with van der Waals surface area (Å²) in [4.78, 5) is 3.31. The second kappa shape index (κ2) is 4.31. The van der Waals surface area contributed by atoms with Crippen molar-refractivity contribution in [3.63, 3.8) is 0 Å². The van der Waals surface area contributed by atoms with Crippen LogP contribution in [-0.2, 0) is 6.42 Å². The van der Waals surface area contributed by atoms with Crippen molar-refractivity contribution in [2.45, 2.75) is 31.7 Å². The Hall–Kier alpha value is -0.890. The summed E-state index contributed by atoms with van der Waals surface area (Å²) in [5, 5.41) is 2.35. The normalized spacial score (nSPS) is 11.5. The van der Waals surface area contributed by atoms with Gasteiger partial charge in [-0.3, -0.25) is 0 Å².